The standard InChI is InChI=1S/C19H13F2N5O2S/c20-14-7-6-12(10-15(14)21)22-17(27)11-25-19(28)26-16(23-25)8-9-18(24-26)29-13-4-2-1-3-5-13/h1-10H,11H2,(H,22,27). The Morgan fingerprint density at radius 1 is 1.00 bits per heavy atom. The van der Waals surface area contributed by atoms with Crippen LogP contribution in [-0.2, 0) is 11.3 Å². The first kappa shape index (κ1) is 18.8. The topological polar surface area (TPSA) is 81.3 Å². The first-order chi connectivity index (χ1) is 14.0. The molecule has 0 aliphatic carbocycles. The molecule has 2 heterocycles. The molecular formula is C19H13F2N5O2S. The number of halogens is 2. The predicted molar refractivity (Wildman–Crippen MR) is 103 cm³/mol. The largest absolute Gasteiger partial charge is 0.367 e. The number of aromatic nitrogens is 4. The number of amides is 1. The van der Waals surface area contributed by atoms with Gasteiger partial charge in [0.15, 0.2) is 17.3 Å². The van der Waals surface area contributed by atoms with Gasteiger partial charge in [-0.15, -0.1) is 5.10 Å². The molecule has 0 spiro atoms. The van der Waals surface area contributed by atoms with Crippen LogP contribution in [-0.4, -0.2) is 25.3 Å². The van der Waals surface area contributed by atoms with Crippen LogP contribution in [0.3, 0.4) is 0 Å². The van der Waals surface area contributed by atoms with Crippen molar-refractivity contribution in [3.05, 3.63) is 82.8 Å². The molecule has 4 rings (SSSR count). The third kappa shape index (κ3) is 4.16. The van der Waals surface area contributed by atoms with Crippen molar-refractivity contribution >= 4 is 29.0 Å². The number of anilines is 1. The van der Waals surface area contributed by atoms with Gasteiger partial charge in [0.05, 0.1) is 0 Å². The Hall–Kier alpha value is -3.53. The number of carbonyl (C=O) groups excluding carboxylic acids is 1. The maximum absolute atomic E-state index is 13.2. The van der Waals surface area contributed by atoms with Gasteiger partial charge in [0, 0.05) is 16.6 Å². The van der Waals surface area contributed by atoms with Gasteiger partial charge in [0.25, 0.3) is 0 Å². The van der Waals surface area contributed by atoms with Crippen molar-refractivity contribution < 1.29 is 13.6 Å². The highest BCUT2D eigenvalue weighted by Crippen LogP contribution is 2.25. The van der Waals surface area contributed by atoms with Crippen LogP contribution in [0.2, 0.25) is 0 Å². The quantitative estimate of drug-likeness (QED) is 0.544. The molecule has 29 heavy (non-hydrogen) atoms. The third-order valence-electron chi connectivity index (χ3n) is 3.88. The van der Waals surface area contributed by atoms with Gasteiger partial charge in [0.1, 0.15) is 11.6 Å². The number of fused-ring (bicyclic) bond motifs is 1. The highest BCUT2D eigenvalue weighted by atomic mass is 32.2. The maximum Gasteiger partial charge on any atom is 0.367 e. The van der Waals surface area contributed by atoms with Gasteiger partial charge in [-0.3, -0.25) is 4.79 Å². The van der Waals surface area contributed by atoms with Crippen molar-refractivity contribution in [3.63, 3.8) is 0 Å². The molecular weight excluding hydrogens is 400 g/mol. The van der Waals surface area contributed by atoms with Gasteiger partial charge in [-0.05, 0) is 36.4 Å². The van der Waals surface area contributed by atoms with Gasteiger partial charge in [0.2, 0.25) is 5.91 Å². The fourth-order valence-corrected chi connectivity index (χ4v) is 3.36. The second-order valence-electron chi connectivity index (χ2n) is 5.97. The second kappa shape index (κ2) is 7.84. The zero-order chi connectivity index (χ0) is 20.4. The molecule has 4 aromatic rings. The maximum atomic E-state index is 13.2. The Kier molecular flexibility index (Phi) is 5.09. The highest BCUT2D eigenvalue weighted by molar-refractivity contribution is 7.99. The third-order valence-corrected chi connectivity index (χ3v) is 4.81. The predicted octanol–water partition coefficient (Wildman–Crippen LogP) is 2.96. The molecule has 1 N–H and O–H groups in total. The van der Waals surface area contributed by atoms with Crippen LogP contribution in [0.4, 0.5) is 14.5 Å². The van der Waals surface area contributed by atoms with Crippen LogP contribution < -0.4 is 11.0 Å². The zero-order valence-electron chi connectivity index (χ0n) is 14.8. The van der Waals surface area contributed by atoms with Gasteiger partial charge >= 0.3 is 5.69 Å². The van der Waals surface area contributed by atoms with Crippen LogP contribution in [0.5, 0.6) is 0 Å². The van der Waals surface area contributed by atoms with Gasteiger partial charge in [-0.2, -0.15) is 9.61 Å². The van der Waals surface area contributed by atoms with Crippen molar-refractivity contribution in [2.24, 2.45) is 0 Å². The lowest BCUT2D eigenvalue weighted by atomic mass is 10.3. The molecule has 0 aliphatic rings. The van der Waals surface area contributed by atoms with Crippen LogP contribution in [0.15, 0.2) is 75.4 Å². The molecule has 2 aromatic carbocycles. The number of carbonyl (C=O) groups is 1. The minimum absolute atomic E-state index is 0.0744. The summed E-state index contributed by atoms with van der Waals surface area (Å²) in [6, 6.07) is 15.9. The number of hydrogen-bond donors (Lipinski definition) is 1. The smallest absolute Gasteiger partial charge is 0.324 e. The summed E-state index contributed by atoms with van der Waals surface area (Å²) in [6.07, 6.45) is 0. The molecule has 0 bridgehead atoms. The minimum Gasteiger partial charge on any atom is -0.324 e. The summed E-state index contributed by atoms with van der Waals surface area (Å²) in [5.74, 6) is -2.71. The molecule has 0 aliphatic heterocycles. The van der Waals surface area contributed by atoms with Crippen LogP contribution >= 0.6 is 11.8 Å². The van der Waals surface area contributed by atoms with Crippen LogP contribution in [0.1, 0.15) is 0 Å². The number of nitrogens with zero attached hydrogens (tertiary/aromatic N) is 4. The van der Waals surface area contributed by atoms with Crippen molar-refractivity contribution in [1.82, 2.24) is 19.4 Å². The molecule has 10 heteroatoms. The number of benzene rings is 2. The monoisotopic (exact) mass is 413 g/mol. The van der Waals surface area contributed by atoms with E-state index in [1.54, 1.807) is 12.1 Å². The fraction of sp³-hybridized carbons (Fsp3) is 0.0526. The molecule has 146 valence electrons. The molecule has 1 amide bonds. The van der Waals surface area contributed by atoms with Crippen LogP contribution in [0.25, 0.3) is 5.65 Å². The molecule has 2 aromatic heterocycles. The van der Waals surface area contributed by atoms with E-state index in [2.05, 4.69) is 15.5 Å². The summed E-state index contributed by atoms with van der Waals surface area (Å²) >= 11 is 1.39. The molecule has 0 radical (unpaired) electrons. The van der Waals surface area contributed by atoms with E-state index in [9.17, 15) is 18.4 Å². The average Bonchev–Trinajstić information content (AvgIpc) is 3.01. The normalized spacial score (nSPS) is 11.0. The van der Waals surface area contributed by atoms with E-state index in [-0.39, 0.29) is 11.3 Å². The molecule has 0 unspecified atom stereocenters. The lowest BCUT2D eigenvalue weighted by molar-refractivity contribution is -0.117. The minimum atomic E-state index is -1.08. The first-order valence-corrected chi connectivity index (χ1v) is 9.26. The van der Waals surface area contributed by atoms with E-state index < -0.39 is 29.8 Å². The average molecular weight is 413 g/mol. The summed E-state index contributed by atoms with van der Waals surface area (Å²) in [4.78, 5) is 25.6. The summed E-state index contributed by atoms with van der Waals surface area (Å²) in [7, 11) is 0. The zero-order valence-corrected chi connectivity index (χ0v) is 15.6. The summed E-state index contributed by atoms with van der Waals surface area (Å²) in [5.41, 5.74) is -0.227. The SMILES string of the molecule is O=C(Cn1nc2ccc(Sc3ccccc3)nn2c1=O)Nc1ccc(F)c(F)c1. The fourth-order valence-electron chi connectivity index (χ4n) is 2.57. The molecule has 0 atom stereocenters. The van der Waals surface area contributed by atoms with Crippen molar-refractivity contribution in [3.8, 4) is 0 Å². The lowest BCUT2D eigenvalue weighted by Gasteiger charge is -2.04. The van der Waals surface area contributed by atoms with E-state index in [0.717, 1.165) is 26.2 Å². The van der Waals surface area contributed by atoms with Crippen molar-refractivity contribution in [2.75, 3.05) is 5.32 Å². The molecule has 7 nitrogen and oxygen atoms in total. The van der Waals surface area contributed by atoms with E-state index in [4.69, 9.17) is 0 Å². The van der Waals surface area contributed by atoms with E-state index >= 15 is 0 Å². The highest BCUT2D eigenvalue weighted by Gasteiger charge is 2.13. The Balaban J connectivity index is 1.53. The lowest BCUT2D eigenvalue weighted by Crippen LogP contribution is -2.28. The molecule has 0 saturated heterocycles. The van der Waals surface area contributed by atoms with Crippen molar-refractivity contribution in [1.29, 1.82) is 0 Å². The molecule has 0 saturated carbocycles. The number of hydrogen-bond acceptors (Lipinski definition) is 5. The number of nitrogens with one attached hydrogen (secondary N) is 1. The summed E-state index contributed by atoms with van der Waals surface area (Å²) in [6.45, 7) is -0.400. The number of rotatable bonds is 5. The van der Waals surface area contributed by atoms with Gasteiger partial charge < -0.3 is 5.32 Å². The Labute approximate surface area is 167 Å². The van der Waals surface area contributed by atoms with Crippen LogP contribution in [0, 0.1) is 11.6 Å². The van der Waals surface area contributed by atoms with E-state index in [1.807, 2.05) is 30.3 Å². The summed E-state index contributed by atoms with van der Waals surface area (Å²) in [5, 5.41) is 11.3. The van der Waals surface area contributed by atoms with E-state index in [1.165, 1.54) is 17.8 Å². The Morgan fingerprint density at radius 2 is 1.79 bits per heavy atom. The van der Waals surface area contributed by atoms with Crippen molar-refractivity contribution in [2.45, 2.75) is 16.5 Å². The Morgan fingerprint density at radius 3 is 2.55 bits per heavy atom. The second-order valence-corrected chi connectivity index (χ2v) is 7.07. The van der Waals surface area contributed by atoms with Gasteiger partial charge in [-0.1, -0.05) is 30.0 Å². The summed E-state index contributed by atoms with van der Waals surface area (Å²) < 4.78 is 28.3. The van der Waals surface area contributed by atoms with E-state index in [0.29, 0.717) is 5.03 Å². The molecule has 0 fully saturated rings. The Bertz CT molecular complexity index is 1260. The first-order valence-electron chi connectivity index (χ1n) is 8.44. The van der Waals surface area contributed by atoms with Gasteiger partial charge in [-0.25, -0.2) is 18.3 Å².